The first-order valence-electron chi connectivity index (χ1n) is 8.90. The molecule has 0 N–H and O–H groups in total. The highest BCUT2D eigenvalue weighted by Crippen LogP contribution is 2.41. The van der Waals surface area contributed by atoms with Crippen LogP contribution in [0.1, 0.15) is 24.0 Å². The van der Waals surface area contributed by atoms with Crippen molar-refractivity contribution in [1.29, 1.82) is 5.26 Å². The van der Waals surface area contributed by atoms with E-state index in [1.165, 1.54) is 0 Å². The second kappa shape index (κ2) is 8.64. The Balaban J connectivity index is 2.44. The monoisotopic (exact) mass is 533 g/mol. The average Bonchev–Trinajstić information content (AvgIpc) is 2.78. The summed E-state index contributed by atoms with van der Waals surface area (Å²) in [4.78, 5) is 5.10. The van der Waals surface area contributed by atoms with E-state index in [-0.39, 0.29) is 13.0 Å². The summed E-state index contributed by atoms with van der Waals surface area (Å²) in [5.74, 6) is -27.9. The first-order valence-corrected chi connectivity index (χ1v) is 8.90. The Hall–Kier alpha value is -3.90. The third-order valence-electron chi connectivity index (χ3n) is 4.57. The van der Waals surface area contributed by atoms with Gasteiger partial charge >= 0.3 is 6.18 Å². The van der Waals surface area contributed by atoms with E-state index in [0.717, 1.165) is 0 Å². The molecule has 0 radical (unpaired) electrons. The van der Waals surface area contributed by atoms with Gasteiger partial charge in [-0.1, -0.05) is 0 Å². The summed E-state index contributed by atoms with van der Waals surface area (Å²) in [6.45, 7) is 0.0236. The maximum Gasteiger partial charge on any atom is 0.451 e. The molecule has 3 rings (SSSR count). The van der Waals surface area contributed by atoms with Crippen LogP contribution < -0.4 is 0 Å². The molecule has 3 nitrogen and oxygen atoms in total. The maximum atomic E-state index is 14.7. The number of hydrogen-bond donors (Lipinski definition) is 0. The fraction of sp³-hybridized carbons (Fsp3) is 0.150. The molecule has 36 heavy (non-hydrogen) atoms. The van der Waals surface area contributed by atoms with Gasteiger partial charge < -0.3 is 0 Å². The molecule has 0 bridgehead atoms. The lowest BCUT2D eigenvalue weighted by Crippen LogP contribution is -2.19. The number of alkyl halides is 5. The smallest absolute Gasteiger partial charge is 0.224 e. The average molecular weight is 533 g/mol. The SMILES string of the molecule is CC(F)(F)c1cc(-c2c(F)c(F)c(-c3c(F)c(F)c(C#N)c(F)c3F)c(F)c2F)nc(C(F)(F)F)n1. The van der Waals surface area contributed by atoms with Gasteiger partial charge in [-0.05, 0) is 6.07 Å². The molecule has 0 amide bonds. The van der Waals surface area contributed by atoms with Crippen molar-refractivity contribution in [2.75, 3.05) is 0 Å². The van der Waals surface area contributed by atoms with Crippen LogP contribution in [-0.2, 0) is 12.1 Å². The van der Waals surface area contributed by atoms with Crippen LogP contribution in [0, 0.1) is 57.9 Å². The highest BCUT2D eigenvalue weighted by molar-refractivity contribution is 5.73. The van der Waals surface area contributed by atoms with Gasteiger partial charge in [0, 0.05) is 6.92 Å². The van der Waals surface area contributed by atoms with Gasteiger partial charge in [0.2, 0.25) is 5.82 Å². The van der Waals surface area contributed by atoms with Crippen LogP contribution in [0.15, 0.2) is 6.07 Å². The summed E-state index contributed by atoms with van der Waals surface area (Å²) in [6.07, 6.45) is -5.59. The predicted molar refractivity (Wildman–Crippen MR) is 91.9 cm³/mol. The Morgan fingerprint density at radius 1 is 0.639 bits per heavy atom. The predicted octanol–water partition coefficient (Wildman–Crippen LogP) is 6.93. The Morgan fingerprint density at radius 2 is 1.03 bits per heavy atom. The Labute approximate surface area is 190 Å². The van der Waals surface area contributed by atoms with Crippen LogP contribution in [0.25, 0.3) is 22.4 Å². The fourth-order valence-electron chi connectivity index (χ4n) is 2.95. The summed E-state index contributed by atoms with van der Waals surface area (Å²) in [5.41, 5.74) is -12.3. The topological polar surface area (TPSA) is 49.6 Å². The van der Waals surface area contributed by atoms with Gasteiger partial charge in [0.1, 0.15) is 17.3 Å². The van der Waals surface area contributed by atoms with Crippen LogP contribution in [-0.4, -0.2) is 9.97 Å². The summed E-state index contributed by atoms with van der Waals surface area (Å²) in [7, 11) is 0. The molecule has 0 aliphatic carbocycles. The zero-order chi connectivity index (χ0) is 27.5. The van der Waals surface area contributed by atoms with Gasteiger partial charge in [0.05, 0.1) is 22.4 Å². The first-order chi connectivity index (χ1) is 16.4. The van der Waals surface area contributed by atoms with Crippen LogP contribution >= 0.6 is 0 Å². The van der Waals surface area contributed by atoms with Crippen molar-refractivity contribution in [3.05, 3.63) is 69.7 Å². The van der Waals surface area contributed by atoms with Gasteiger partial charge in [0.15, 0.2) is 46.5 Å². The van der Waals surface area contributed by atoms with E-state index in [0.29, 0.717) is 6.07 Å². The fourth-order valence-corrected chi connectivity index (χ4v) is 2.95. The minimum atomic E-state index is -5.59. The molecule has 1 heterocycles. The molecule has 2 aromatic carbocycles. The number of nitriles is 1. The molecule has 0 aliphatic rings. The normalized spacial score (nSPS) is 12.1. The number of hydrogen-bond acceptors (Lipinski definition) is 3. The van der Waals surface area contributed by atoms with Crippen molar-refractivity contribution in [2.24, 2.45) is 0 Å². The van der Waals surface area contributed by atoms with E-state index in [2.05, 4.69) is 9.97 Å². The van der Waals surface area contributed by atoms with E-state index in [1.807, 2.05) is 0 Å². The second-order valence-electron chi connectivity index (χ2n) is 6.97. The van der Waals surface area contributed by atoms with Gasteiger partial charge in [-0.15, -0.1) is 0 Å². The Bertz CT molecular complexity index is 1360. The molecule has 0 saturated heterocycles. The molecule has 16 heteroatoms. The second-order valence-corrected chi connectivity index (χ2v) is 6.97. The molecule has 0 fully saturated rings. The molecular formula is C20H4F13N3. The largest absolute Gasteiger partial charge is 0.451 e. The number of nitrogens with zero attached hydrogens (tertiary/aromatic N) is 3. The van der Waals surface area contributed by atoms with Crippen LogP contribution in [0.5, 0.6) is 0 Å². The van der Waals surface area contributed by atoms with E-state index < -0.39 is 98.1 Å². The zero-order valence-electron chi connectivity index (χ0n) is 16.8. The van der Waals surface area contributed by atoms with Gasteiger partial charge in [-0.2, -0.15) is 27.2 Å². The molecule has 190 valence electrons. The van der Waals surface area contributed by atoms with Crippen molar-refractivity contribution >= 4 is 0 Å². The number of aromatic nitrogens is 2. The van der Waals surface area contributed by atoms with Crippen molar-refractivity contribution in [1.82, 2.24) is 9.97 Å². The van der Waals surface area contributed by atoms with Gasteiger partial charge in [-0.25, -0.2) is 45.1 Å². The van der Waals surface area contributed by atoms with Crippen LogP contribution in [0.3, 0.4) is 0 Å². The molecule has 1 aromatic heterocycles. The standard InChI is InChI=1S/C20H4F13N3/c1-19(29,30)6-2-5(35-18(36-6)20(31,32)33)7-12(23)16(27)9(17(28)13(7)24)8-14(25)10(21)4(3-34)11(22)15(8)26/h2H,1H3. The molecule has 0 saturated carbocycles. The molecule has 0 unspecified atom stereocenters. The van der Waals surface area contributed by atoms with Gasteiger partial charge in [-0.3, -0.25) is 0 Å². The number of benzene rings is 2. The molecule has 0 atom stereocenters. The van der Waals surface area contributed by atoms with Crippen molar-refractivity contribution in [3.63, 3.8) is 0 Å². The third-order valence-corrected chi connectivity index (χ3v) is 4.57. The lowest BCUT2D eigenvalue weighted by molar-refractivity contribution is -0.145. The van der Waals surface area contributed by atoms with E-state index in [4.69, 9.17) is 5.26 Å². The summed E-state index contributed by atoms with van der Waals surface area (Å²) in [6, 6.07) is 0.567. The minimum Gasteiger partial charge on any atom is -0.224 e. The Morgan fingerprint density at radius 3 is 1.39 bits per heavy atom. The van der Waals surface area contributed by atoms with E-state index in [9.17, 15) is 57.1 Å². The molecule has 3 aromatic rings. The molecule has 0 aliphatic heterocycles. The lowest BCUT2D eigenvalue weighted by atomic mass is 9.96. The summed E-state index contributed by atoms with van der Waals surface area (Å²) in [5, 5.41) is 8.55. The molecule has 0 spiro atoms. The Kier molecular flexibility index (Phi) is 6.41. The van der Waals surface area contributed by atoms with Crippen molar-refractivity contribution in [2.45, 2.75) is 19.0 Å². The van der Waals surface area contributed by atoms with E-state index >= 15 is 0 Å². The van der Waals surface area contributed by atoms with E-state index in [1.54, 1.807) is 0 Å². The third kappa shape index (κ3) is 4.18. The first kappa shape index (κ1) is 26.7. The minimum absolute atomic E-state index is 0.0236. The van der Waals surface area contributed by atoms with Crippen molar-refractivity contribution in [3.8, 4) is 28.5 Å². The molecular weight excluding hydrogens is 529 g/mol. The number of rotatable bonds is 3. The summed E-state index contributed by atoms with van der Waals surface area (Å²) >= 11 is 0. The highest BCUT2D eigenvalue weighted by Gasteiger charge is 2.40. The van der Waals surface area contributed by atoms with Crippen LogP contribution in [0.4, 0.5) is 57.1 Å². The highest BCUT2D eigenvalue weighted by atomic mass is 19.4. The summed E-state index contributed by atoms with van der Waals surface area (Å²) < 4.78 is 182. The van der Waals surface area contributed by atoms with Crippen LogP contribution in [0.2, 0.25) is 0 Å². The maximum absolute atomic E-state index is 14.7. The quantitative estimate of drug-likeness (QED) is 0.271. The number of halogens is 13. The lowest BCUT2D eigenvalue weighted by Gasteiger charge is -2.17. The van der Waals surface area contributed by atoms with Gasteiger partial charge in [0.25, 0.3) is 5.92 Å². The zero-order valence-corrected chi connectivity index (χ0v) is 16.8. The van der Waals surface area contributed by atoms with Crippen molar-refractivity contribution < 1.29 is 57.1 Å².